The van der Waals surface area contributed by atoms with E-state index in [0.717, 1.165) is 37.6 Å². The molecular weight excluding hydrogens is 404 g/mol. The lowest BCUT2D eigenvalue weighted by Crippen LogP contribution is -2.36. The number of urea groups is 1. The number of fused-ring (bicyclic) bond motifs is 1. The molecule has 4 rings (SSSR count). The van der Waals surface area contributed by atoms with Crippen LogP contribution in [-0.4, -0.2) is 65.7 Å². The zero-order valence-corrected chi connectivity index (χ0v) is 18.0. The van der Waals surface area contributed by atoms with Gasteiger partial charge in [0.1, 0.15) is 0 Å². The van der Waals surface area contributed by atoms with Gasteiger partial charge in [0.25, 0.3) is 0 Å². The first-order chi connectivity index (χ1) is 14.4. The summed E-state index contributed by atoms with van der Waals surface area (Å²) in [7, 11) is -0.573. The second kappa shape index (κ2) is 8.25. The van der Waals surface area contributed by atoms with E-state index in [9.17, 15) is 13.2 Å². The first-order valence-corrected chi connectivity index (χ1v) is 11.4. The number of anilines is 3. The third-order valence-corrected chi connectivity index (χ3v) is 7.28. The zero-order valence-electron chi connectivity index (χ0n) is 17.2. The van der Waals surface area contributed by atoms with Gasteiger partial charge in [0, 0.05) is 45.1 Å². The summed E-state index contributed by atoms with van der Waals surface area (Å²) in [5.74, 6) is 0. The third kappa shape index (κ3) is 4.00. The molecule has 0 spiro atoms. The van der Waals surface area contributed by atoms with Crippen LogP contribution in [0.15, 0.2) is 47.4 Å². The maximum atomic E-state index is 12.9. The number of morpholine rings is 1. The van der Waals surface area contributed by atoms with Crippen molar-refractivity contribution in [2.45, 2.75) is 11.3 Å². The van der Waals surface area contributed by atoms with E-state index in [0.29, 0.717) is 24.3 Å². The molecule has 2 aliphatic rings. The van der Waals surface area contributed by atoms with Crippen LogP contribution >= 0.6 is 0 Å². The molecule has 0 aromatic heterocycles. The van der Waals surface area contributed by atoms with E-state index in [1.54, 1.807) is 23.1 Å². The molecule has 160 valence electrons. The van der Waals surface area contributed by atoms with Crippen molar-refractivity contribution in [1.29, 1.82) is 0 Å². The van der Waals surface area contributed by atoms with Crippen LogP contribution in [0.25, 0.3) is 0 Å². The molecule has 1 N–H and O–H groups in total. The Morgan fingerprint density at radius 3 is 2.40 bits per heavy atom. The predicted molar refractivity (Wildman–Crippen MR) is 117 cm³/mol. The van der Waals surface area contributed by atoms with Crippen molar-refractivity contribution in [3.8, 4) is 0 Å². The average Bonchev–Trinajstić information content (AvgIpc) is 3.18. The standard InChI is InChI=1S/C21H26N4O4S/c1-23(2)30(27,28)19-8-3-16-9-10-25(20(16)15-19)21(26)22-17-4-6-18(7-5-17)24-11-13-29-14-12-24/h3-8,15H,9-14H2,1-2H3,(H,22,26). The largest absolute Gasteiger partial charge is 0.378 e. The van der Waals surface area contributed by atoms with Gasteiger partial charge in [0.15, 0.2) is 0 Å². The number of hydrogen-bond donors (Lipinski definition) is 1. The lowest BCUT2D eigenvalue weighted by Gasteiger charge is -2.29. The highest BCUT2D eigenvalue weighted by Crippen LogP contribution is 2.32. The number of carbonyl (C=O) groups excluding carboxylic acids is 1. The van der Waals surface area contributed by atoms with Crippen molar-refractivity contribution in [2.75, 3.05) is 62.1 Å². The molecule has 2 heterocycles. The maximum Gasteiger partial charge on any atom is 0.326 e. The SMILES string of the molecule is CN(C)S(=O)(=O)c1ccc2c(c1)N(C(=O)Nc1ccc(N3CCOCC3)cc1)CC2. The summed E-state index contributed by atoms with van der Waals surface area (Å²) in [6.07, 6.45) is 0.695. The minimum Gasteiger partial charge on any atom is -0.378 e. The summed E-state index contributed by atoms with van der Waals surface area (Å²) >= 11 is 0. The van der Waals surface area contributed by atoms with E-state index in [1.165, 1.54) is 18.4 Å². The Kier molecular flexibility index (Phi) is 5.68. The summed E-state index contributed by atoms with van der Waals surface area (Å²) in [4.78, 5) is 16.9. The van der Waals surface area contributed by atoms with Crippen LogP contribution in [0.1, 0.15) is 5.56 Å². The fraction of sp³-hybridized carbons (Fsp3) is 0.381. The molecule has 0 aliphatic carbocycles. The summed E-state index contributed by atoms with van der Waals surface area (Å²) in [5, 5.41) is 2.92. The maximum absolute atomic E-state index is 12.9. The Morgan fingerprint density at radius 2 is 1.73 bits per heavy atom. The first-order valence-electron chi connectivity index (χ1n) is 9.93. The molecule has 30 heavy (non-hydrogen) atoms. The zero-order chi connectivity index (χ0) is 21.3. The van der Waals surface area contributed by atoms with E-state index in [1.807, 2.05) is 24.3 Å². The Labute approximate surface area is 177 Å². The van der Waals surface area contributed by atoms with Gasteiger partial charge in [-0.05, 0) is 48.4 Å². The molecule has 0 atom stereocenters. The van der Waals surface area contributed by atoms with Crippen molar-refractivity contribution in [2.24, 2.45) is 0 Å². The van der Waals surface area contributed by atoms with Gasteiger partial charge in [-0.15, -0.1) is 0 Å². The highest BCUT2D eigenvalue weighted by Gasteiger charge is 2.28. The summed E-state index contributed by atoms with van der Waals surface area (Å²) in [5.41, 5.74) is 3.40. The number of rotatable bonds is 4. The minimum absolute atomic E-state index is 0.181. The molecule has 0 saturated carbocycles. The molecule has 2 aromatic carbocycles. The average molecular weight is 431 g/mol. The molecule has 1 saturated heterocycles. The Bertz CT molecular complexity index is 1030. The highest BCUT2D eigenvalue weighted by molar-refractivity contribution is 7.89. The van der Waals surface area contributed by atoms with Gasteiger partial charge < -0.3 is 15.0 Å². The molecule has 2 aliphatic heterocycles. The van der Waals surface area contributed by atoms with Crippen LogP contribution in [0.4, 0.5) is 21.9 Å². The lowest BCUT2D eigenvalue weighted by atomic mass is 10.2. The summed E-state index contributed by atoms with van der Waals surface area (Å²) in [6.45, 7) is 3.66. The quantitative estimate of drug-likeness (QED) is 0.805. The molecule has 8 nitrogen and oxygen atoms in total. The smallest absolute Gasteiger partial charge is 0.326 e. The fourth-order valence-electron chi connectivity index (χ4n) is 3.71. The minimum atomic E-state index is -3.56. The van der Waals surface area contributed by atoms with Crippen molar-refractivity contribution in [3.05, 3.63) is 48.0 Å². The van der Waals surface area contributed by atoms with Gasteiger partial charge in [-0.1, -0.05) is 6.07 Å². The Hall–Kier alpha value is -2.62. The molecule has 2 aromatic rings. The Morgan fingerprint density at radius 1 is 1.03 bits per heavy atom. The second-order valence-electron chi connectivity index (χ2n) is 7.56. The van der Waals surface area contributed by atoms with Crippen LogP contribution in [0.3, 0.4) is 0 Å². The number of ether oxygens (including phenoxy) is 1. The topological polar surface area (TPSA) is 82.2 Å². The van der Waals surface area contributed by atoms with Crippen molar-refractivity contribution in [1.82, 2.24) is 4.31 Å². The first kappa shape index (κ1) is 20.6. The van der Waals surface area contributed by atoms with Crippen molar-refractivity contribution in [3.63, 3.8) is 0 Å². The van der Waals surface area contributed by atoms with E-state index in [-0.39, 0.29) is 10.9 Å². The van der Waals surface area contributed by atoms with Crippen molar-refractivity contribution < 1.29 is 17.9 Å². The lowest BCUT2D eigenvalue weighted by molar-refractivity contribution is 0.122. The fourth-order valence-corrected chi connectivity index (χ4v) is 4.63. The molecule has 0 radical (unpaired) electrons. The van der Waals surface area contributed by atoms with Crippen LogP contribution in [0.5, 0.6) is 0 Å². The van der Waals surface area contributed by atoms with Gasteiger partial charge in [0.2, 0.25) is 10.0 Å². The van der Waals surface area contributed by atoms with Gasteiger partial charge in [-0.2, -0.15) is 0 Å². The number of benzene rings is 2. The molecule has 1 fully saturated rings. The van der Waals surface area contributed by atoms with E-state index in [2.05, 4.69) is 10.2 Å². The predicted octanol–water partition coefficient (Wildman–Crippen LogP) is 2.37. The van der Waals surface area contributed by atoms with Gasteiger partial charge in [-0.3, -0.25) is 4.90 Å². The van der Waals surface area contributed by atoms with Gasteiger partial charge in [-0.25, -0.2) is 17.5 Å². The summed E-state index contributed by atoms with van der Waals surface area (Å²) in [6, 6.07) is 12.4. The normalized spacial score (nSPS) is 16.6. The van der Waals surface area contributed by atoms with Crippen LogP contribution in [0, 0.1) is 0 Å². The van der Waals surface area contributed by atoms with Crippen LogP contribution in [0.2, 0.25) is 0 Å². The third-order valence-electron chi connectivity index (χ3n) is 5.47. The van der Waals surface area contributed by atoms with Gasteiger partial charge in [0.05, 0.1) is 23.8 Å². The Balaban J connectivity index is 1.49. The van der Waals surface area contributed by atoms with Crippen LogP contribution < -0.4 is 15.1 Å². The molecule has 9 heteroatoms. The monoisotopic (exact) mass is 430 g/mol. The number of carbonyl (C=O) groups is 1. The molecular formula is C21H26N4O4S. The van der Waals surface area contributed by atoms with E-state index >= 15 is 0 Å². The second-order valence-corrected chi connectivity index (χ2v) is 9.71. The number of nitrogens with zero attached hydrogens (tertiary/aromatic N) is 3. The number of amides is 2. The molecule has 0 unspecified atom stereocenters. The number of hydrogen-bond acceptors (Lipinski definition) is 5. The van der Waals surface area contributed by atoms with E-state index < -0.39 is 10.0 Å². The van der Waals surface area contributed by atoms with Crippen LogP contribution in [-0.2, 0) is 21.2 Å². The van der Waals surface area contributed by atoms with Gasteiger partial charge >= 0.3 is 6.03 Å². The highest BCUT2D eigenvalue weighted by atomic mass is 32.2. The van der Waals surface area contributed by atoms with Crippen molar-refractivity contribution >= 4 is 33.1 Å². The number of sulfonamides is 1. The molecule has 0 bridgehead atoms. The van der Waals surface area contributed by atoms with E-state index in [4.69, 9.17) is 4.74 Å². The molecule has 2 amide bonds. The summed E-state index contributed by atoms with van der Waals surface area (Å²) < 4.78 is 31.5. The number of nitrogens with one attached hydrogen (secondary N) is 1.